The molecule has 0 radical (unpaired) electrons. The van der Waals surface area contributed by atoms with Gasteiger partial charge in [0.1, 0.15) is 6.04 Å². The number of hydrogen-bond acceptors (Lipinski definition) is 5. The van der Waals surface area contributed by atoms with Gasteiger partial charge in [0.2, 0.25) is 10.0 Å². The van der Waals surface area contributed by atoms with Gasteiger partial charge in [-0.15, -0.1) is 0 Å². The molecule has 8 heteroatoms. The maximum Gasteiger partial charge on any atom is 0.325 e. The first-order valence-corrected chi connectivity index (χ1v) is 6.62. The molecule has 0 heterocycles. The summed E-state index contributed by atoms with van der Waals surface area (Å²) in [5.41, 5.74) is 0. The Morgan fingerprint density at radius 2 is 1.94 bits per heavy atom. The fourth-order valence-electron chi connectivity index (χ4n) is 1.11. The van der Waals surface area contributed by atoms with Crippen molar-refractivity contribution >= 4 is 22.0 Å². The summed E-state index contributed by atoms with van der Waals surface area (Å²) >= 11 is 0. The van der Waals surface area contributed by atoms with Crippen LogP contribution in [0.4, 0.5) is 0 Å². The number of ether oxygens (including phenoxy) is 1. The fourth-order valence-corrected chi connectivity index (χ4v) is 2.28. The molecule has 2 atom stereocenters. The van der Waals surface area contributed by atoms with Gasteiger partial charge in [0.05, 0.1) is 7.11 Å². The standard InChI is InChI=1S/C9H17NO6S/c1-4-5-7(8(11)12)10-17(14,15)6(2)9(13)16-3/h6-7,10H,4-5H2,1-3H3,(H,11,12). The van der Waals surface area contributed by atoms with Crippen molar-refractivity contribution in [3.05, 3.63) is 0 Å². The van der Waals surface area contributed by atoms with Crippen molar-refractivity contribution in [1.82, 2.24) is 4.72 Å². The molecule has 0 saturated carbocycles. The molecule has 0 aliphatic carbocycles. The zero-order chi connectivity index (χ0) is 13.6. The Balaban J connectivity index is 4.83. The molecule has 0 saturated heterocycles. The van der Waals surface area contributed by atoms with Gasteiger partial charge >= 0.3 is 11.9 Å². The monoisotopic (exact) mass is 267 g/mol. The Morgan fingerprint density at radius 1 is 1.41 bits per heavy atom. The summed E-state index contributed by atoms with van der Waals surface area (Å²) in [6, 6.07) is -1.22. The van der Waals surface area contributed by atoms with Crippen LogP contribution in [0.3, 0.4) is 0 Å². The summed E-state index contributed by atoms with van der Waals surface area (Å²) in [5, 5.41) is 7.36. The van der Waals surface area contributed by atoms with E-state index in [-0.39, 0.29) is 6.42 Å². The summed E-state index contributed by atoms with van der Waals surface area (Å²) in [7, 11) is -2.98. The van der Waals surface area contributed by atoms with E-state index in [2.05, 4.69) is 4.74 Å². The SMILES string of the molecule is CCCC(NS(=O)(=O)C(C)C(=O)OC)C(=O)O. The number of hydrogen-bond donors (Lipinski definition) is 2. The van der Waals surface area contributed by atoms with Crippen LogP contribution in [0.25, 0.3) is 0 Å². The molecule has 0 aromatic heterocycles. The zero-order valence-corrected chi connectivity index (χ0v) is 10.8. The molecular formula is C9H17NO6S. The van der Waals surface area contributed by atoms with E-state index in [4.69, 9.17) is 5.11 Å². The van der Waals surface area contributed by atoms with Gasteiger partial charge in [-0.25, -0.2) is 13.1 Å². The van der Waals surface area contributed by atoms with Gasteiger partial charge < -0.3 is 9.84 Å². The summed E-state index contributed by atoms with van der Waals surface area (Å²) in [4.78, 5) is 21.9. The van der Waals surface area contributed by atoms with Gasteiger partial charge in [-0.1, -0.05) is 13.3 Å². The number of carbonyl (C=O) groups excluding carboxylic acids is 1. The van der Waals surface area contributed by atoms with E-state index < -0.39 is 33.3 Å². The normalized spacial score (nSPS) is 15.0. The predicted octanol–water partition coefficient (Wildman–Crippen LogP) is -0.279. The second-order valence-electron chi connectivity index (χ2n) is 3.51. The number of methoxy groups -OCH3 is 1. The van der Waals surface area contributed by atoms with E-state index in [1.807, 2.05) is 4.72 Å². The van der Waals surface area contributed by atoms with E-state index in [0.717, 1.165) is 14.0 Å². The third-order valence-corrected chi connectivity index (χ3v) is 3.92. The first kappa shape index (κ1) is 15.9. The van der Waals surface area contributed by atoms with Crippen LogP contribution in [0.2, 0.25) is 0 Å². The Labute approximate surface area is 100 Å². The van der Waals surface area contributed by atoms with Crippen molar-refractivity contribution in [1.29, 1.82) is 0 Å². The van der Waals surface area contributed by atoms with Gasteiger partial charge in [-0.05, 0) is 13.3 Å². The molecule has 7 nitrogen and oxygen atoms in total. The van der Waals surface area contributed by atoms with Crippen molar-refractivity contribution < 1.29 is 27.9 Å². The number of carboxylic acid groups (broad SMARTS) is 1. The van der Waals surface area contributed by atoms with Crippen LogP contribution in [-0.2, 0) is 24.3 Å². The minimum atomic E-state index is -4.04. The number of carbonyl (C=O) groups is 2. The molecule has 0 aromatic rings. The number of aliphatic carboxylic acids is 1. The van der Waals surface area contributed by atoms with E-state index in [1.165, 1.54) is 0 Å². The molecular weight excluding hydrogens is 250 g/mol. The van der Waals surface area contributed by atoms with Crippen LogP contribution >= 0.6 is 0 Å². The van der Waals surface area contributed by atoms with Crippen LogP contribution in [0, 0.1) is 0 Å². The summed E-state index contributed by atoms with van der Waals surface area (Å²) < 4.78 is 29.6. The predicted molar refractivity (Wildman–Crippen MR) is 59.9 cm³/mol. The second-order valence-corrected chi connectivity index (χ2v) is 5.54. The smallest absolute Gasteiger partial charge is 0.325 e. The van der Waals surface area contributed by atoms with Gasteiger partial charge in [0.25, 0.3) is 0 Å². The zero-order valence-electron chi connectivity index (χ0n) is 9.97. The molecule has 0 aromatic carbocycles. The van der Waals surface area contributed by atoms with Crippen molar-refractivity contribution in [2.24, 2.45) is 0 Å². The highest BCUT2D eigenvalue weighted by Gasteiger charge is 2.32. The number of rotatable bonds is 7. The minimum absolute atomic E-state index is 0.155. The average Bonchev–Trinajstić information content (AvgIpc) is 2.26. The van der Waals surface area contributed by atoms with E-state index in [1.54, 1.807) is 6.92 Å². The second kappa shape index (κ2) is 6.55. The summed E-state index contributed by atoms with van der Waals surface area (Å²) in [5.74, 6) is -2.20. The lowest BCUT2D eigenvalue weighted by molar-refractivity contribution is -0.141. The molecule has 0 rings (SSSR count). The van der Waals surface area contributed by atoms with E-state index in [0.29, 0.717) is 6.42 Å². The highest BCUT2D eigenvalue weighted by molar-refractivity contribution is 7.90. The largest absolute Gasteiger partial charge is 0.480 e. The Hall–Kier alpha value is -1.15. The first-order valence-electron chi connectivity index (χ1n) is 5.08. The topological polar surface area (TPSA) is 110 Å². The molecule has 0 spiro atoms. The molecule has 2 N–H and O–H groups in total. The van der Waals surface area contributed by atoms with Crippen molar-refractivity contribution in [3.63, 3.8) is 0 Å². The molecule has 0 fully saturated rings. The number of sulfonamides is 1. The maximum atomic E-state index is 11.6. The summed E-state index contributed by atoms with van der Waals surface area (Å²) in [6.45, 7) is 2.87. The van der Waals surface area contributed by atoms with Gasteiger partial charge in [0.15, 0.2) is 5.25 Å². The maximum absolute atomic E-state index is 11.6. The fraction of sp³-hybridized carbons (Fsp3) is 0.778. The van der Waals surface area contributed by atoms with Crippen molar-refractivity contribution in [2.45, 2.75) is 38.0 Å². The van der Waals surface area contributed by atoms with Crippen LogP contribution in [0.15, 0.2) is 0 Å². The molecule has 0 bridgehead atoms. The lowest BCUT2D eigenvalue weighted by Gasteiger charge is -2.16. The Bertz CT molecular complexity index is 377. The van der Waals surface area contributed by atoms with Crippen molar-refractivity contribution in [3.8, 4) is 0 Å². The van der Waals surface area contributed by atoms with Gasteiger partial charge in [0, 0.05) is 0 Å². The van der Waals surface area contributed by atoms with E-state index >= 15 is 0 Å². The molecule has 0 amide bonds. The third kappa shape index (κ3) is 4.70. The van der Waals surface area contributed by atoms with Crippen LogP contribution < -0.4 is 4.72 Å². The number of carboxylic acids is 1. The van der Waals surface area contributed by atoms with E-state index in [9.17, 15) is 18.0 Å². The number of esters is 1. The average molecular weight is 267 g/mol. The van der Waals surface area contributed by atoms with Gasteiger partial charge in [-0.3, -0.25) is 9.59 Å². The molecule has 100 valence electrons. The molecule has 0 aliphatic rings. The lowest BCUT2D eigenvalue weighted by atomic mass is 10.2. The van der Waals surface area contributed by atoms with Crippen molar-refractivity contribution in [2.75, 3.05) is 7.11 Å². The lowest BCUT2D eigenvalue weighted by Crippen LogP contribution is -2.46. The Kier molecular flexibility index (Phi) is 6.11. The minimum Gasteiger partial charge on any atom is -0.480 e. The summed E-state index contributed by atoms with van der Waals surface area (Å²) in [6.07, 6.45) is 0.661. The van der Waals surface area contributed by atoms with Crippen LogP contribution in [-0.4, -0.2) is 43.9 Å². The third-order valence-electron chi connectivity index (χ3n) is 2.18. The molecule has 17 heavy (non-hydrogen) atoms. The highest BCUT2D eigenvalue weighted by Crippen LogP contribution is 2.05. The van der Waals surface area contributed by atoms with Gasteiger partial charge in [-0.2, -0.15) is 0 Å². The first-order chi connectivity index (χ1) is 7.76. The molecule has 0 aliphatic heterocycles. The highest BCUT2D eigenvalue weighted by atomic mass is 32.2. The quantitative estimate of drug-likeness (QED) is 0.614. The van der Waals surface area contributed by atoms with Crippen LogP contribution in [0.5, 0.6) is 0 Å². The molecule has 2 unspecified atom stereocenters. The number of nitrogens with one attached hydrogen (secondary N) is 1. The Morgan fingerprint density at radius 3 is 2.29 bits per heavy atom. The van der Waals surface area contributed by atoms with Crippen LogP contribution in [0.1, 0.15) is 26.7 Å².